The summed E-state index contributed by atoms with van der Waals surface area (Å²) in [4.78, 5) is 25.8. The average Bonchev–Trinajstić information content (AvgIpc) is 3.16. The number of aliphatic carboxylic acids is 1. The van der Waals surface area contributed by atoms with E-state index in [2.05, 4.69) is 4.90 Å². The zero-order valence-corrected chi connectivity index (χ0v) is 16.1. The summed E-state index contributed by atoms with van der Waals surface area (Å²) in [6.45, 7) is 5.19. The Morgan fingerprint density at radius 2 is 1.69 bits per heavy atom. The smallest absolute Gasteiger partial charge is 0.475 e. The quantitative estimate of drug-likeness (QED) is 0.762. The van der Waals surface area contributed by atoms with Gasteiger partial charge in [-0.15, -0.1) is 0 Å². The van der Waals surface area contributed by atoms with Crippen LogP contribution in [-0.2, 0) is 16.0 Å². The average molecular weight is 418 g/mol. The number of hydrogen-bond donors (Lipinski definition) is 1. The van der Waals surface area contributed by atoms with E-state index in [1.807, 2.05) is 4.90 Å². The van der Waals surface area contributed by atoms with Gasteiger partial charge in [0.2, 0.25) is 5.91 Å². The number of carbonyl (C=O) groups is 2. The van der Waals surface area contributed by atoms with Crippen LogP contribution in [0.2, 0.25) is 0 Å². The second kappa shape index (κ2) is 10.6. The summed E-state index contributed by atoms with van der Waals surface area (Å²) in [6.07, 6.45) is -0.00407. The van der Waals surface area contributed by atoms with Gasteiger partial charge in [0, 0.05) is 19.6 Å². The number of amides is 1. The Morgan fingerprint density at radius 3 is 2.28 bits per heavy atom. The third-order valence-electron chi connectivity index (χ3n) is 5.13. The summed E-state index contributed by atoms with van der Waals surface area (Å²) in [6, 6.07) is 6.59. The van der Waals surface area contributed by atoms with Gasteiger partial charge >= 0.3 is 12.1 Å². The zero-order chi connectivity index (χ0) is 21.4. The predicted octanol–water partition coefficient (Wildman–Crippen LogP) is 3.34. The van der Waals surface area contributed by atoms with E-state index in [-0.39, 0.29) is 18.1 Å². The molecule has 1 unspecified atom stereocenters. The number of likely N-dealkylation sites (tertiary alicyclic amines) is 2. The van der Waals surface area contributed by atoms with Crippen molar-refractivity contribution in [3.05, 3.63) is 35.6 Å². The Hall–Kier alpha value is -2.16. The molecular weight excluding hydrogens is 392 g/mol. The Bertz CT molecular complexity index is 691. The van der Waals surface area contributed by atoms with Crippen molar-refractivity contribution in [2.45, 2.75) is 38.3 Å². The van der Waals surface area contributed by atoms with Crippen molar-refractivity contribution in [1.82, 2.24) is 9.80 Å². The van der Waals surface area contributed by atoms with E-state index < -0.39 is 12.1 Å². The first-order valence-corrected chi connectivity index (χ1v) is 9.70. The number of carbonyl (C=O) groups excluding carboxylic acids is 1. The van der Waals surface area contributed by atoms with Crippen molar-refractivity contribution in [2.75, 3.05) is 32.7 Å². The van der Waals surface area contributed by atoms with Crippen molar-refractivity contribution < 1.29 is 32.3 Å². The number of hydrogen-bond acceptors (Lipinski definition) is 3. The molecule has 0 aliphatic carbocycles. The Balaban J connectivity index is 0.000000370. The second-order valence-corrected chi connectivity index (χ2v) is 7.43. The van der Waals surface area contributed by atoms with Crippen LogP contribution >= 0.6 is 0 Å². The number of rotatable bonds is 4. The van der Waals surface area contributed by atoms with E-state index >= 15 is 0 Å². The van der Waals surface area contributed by atoms with Gasteiger partial charge in [-0.05, 0) is 56.3 Å². The molecule has 1 atom stereocenters. The molecule has 1 N–H and O–H groups in total. The number of piperidine rings is 1. The Labute approximate surface area is 167 Å². The van der Waals surface area contributed by atoms with Crippen molar-refractivity contribution in [3.63, 3.8) is 0 Å². The first-order valence-electron chi connectivity index (χ1n) is 9.70. The van der Waals surface area contributed by atoms with Gasteiger partial charge < -0.3 is 14.9 Å². The number of carboxylic acid groups (broad SMARTS) is 1. The van der Waals surface area contributed by atoms with Gasteiger partial charge in [-0.25, -0.2) is 9.18 Å². The van der Waals surface area contributed by atoms with E-state index in [1.54, 1.807) is 18.2 Å². The molecule has 1 aromatic carbocycles. The van der Waals surface area contributed by atoms with Crippen LogP contribution in [-0.4, -0.2) is 65.7 Å². The Kier molecular flexibility index (Phi) is 8.43. The minimum atomic E-state index is -5.08. The molecule has 1 aromatic rings. The molecule has 1 amide bonds. The molecule has 2 saturated heterocycles. The third kappa shape index (κ3) is 7.64. The van der Waals surface area contributed by atoms with Gasteiger partial charge in [0.05, 0.1) is 6.42 Å². The monoisotopic (exact) mass is 418 g/mol. The molecule has 0 spiro atoms. The van der Waals surface area contributed by atoms with Crippen LogP contribution in [0.15, 0.2) is 24.3 Å². The maximum atomic E-state index is 13.7. The standard InChI is InChI=1S/C18H25FN2O.C2HF3O2/c19-17-8-2-1-7-16(17)12-18(22)21-11-5-6-15(14-21)13-20-9-3-4-10-20;3-2(4,5)1(6)7/h1-2,7-8,15H,3-6,9-14H2;(H,6,7). The van der Waals surface area contributed by atoms with Crippen LogP contribution in [0.3, 0.4) is 0 Å². The second-order valence-electron chi connectivity index (χ2n) is 7.43. The molecule has 162 valence electrons. The molecule has 29 heavy (non-hydrogen) atoms. The molecule has 5 nitrogen and oxygen atoms in total. The molecule has 2 aliphatic rings. The molecule has 2 aliphatic heterocycles. The van der Waals surface area contributed by atoms with Crippen LogP contribution in [0.1, 0.15) is 31.2 Å². The SMILES string of the molecule is O=C(Cc1ccccc1F)N1CCCC(CN2CCCC2)C1.O=C(O)C(F)(F)F. The number of benzene rings is 1. The summed E-state index contributed by atoms with van der Waals surface area (Å²) in [5, 5.41) is 7.12. The van der Waals surface area contributed by atoms with Crippen molar-refractivity contribution in [2.24, 2.45) is 5.92 Å². The lowest BCUT2D eigenvalue weighted by Gasteiger charge is -2.34. The maximum Gasteiger partial charge on any atom is 0.490 e. The van der Waals surface area contributed by atoms with E-state index in [0.717, 1.165) is 26.1 Å². The van der Waals surface area contributed by atoms with E-state index in [9.17, 15) is 22.4 Å². The zero-order valence-electron chi connectivity index (χ0n) is 16.1. The third-order valence-corrected chi connectivity index (χ3v) is 5.13. The molecule has 0 bridgehead atoms. The van der Waals surface area contributed by atoms with E-state index in [0.29, 0.717) is 11.5 Å². The number of alkyl halides is 3. The predicted molar refractivity (Wildman–Crippen MR) is 98.8 cm³/mol. The first kappa shape index (κ1) is 23.1. The first-order chi connectivity index (χ1) is 13.7. The highest BCUT2D eigenvalue weighted by Gasteiger charge is 2.38. The lowest BCUT2D eigenvalue weighted by Crippen LogP contribution is -2.44. The van der Waals surface area contributed by atoms with Crippen molar-refractivity contribution >= 4 is 11.9 Å². The summed E-state index contributed by atoms with van der Waals surface area (Å²) in [5.41, 5.74) is 0.508. The minimum absolute atomic E-state index is 0.0659. The highest BCUT2D eigenvalue weighted by atomic mass is 19.4. The number of carboxylic acids is 1. The fourth-order valence-corrected chi connectivity index (χ4v) is 3.69. The van der Waals surface area contributed by atoms with Crippen molar-refractivity contribution in [3.8, 4) is 0 Å². The van der Waals surface area contributed by atoms with Gasteiger partial charge in [0.25, 0.3) is 0 Å². The Morgan fingerprint density at radius 1 is 1.07 bits per heavy atom. The normalized spacial score (nSPS) is 20.1. The number of halogens is 4. The van der Waals surface area contributed by atoms with Gasteiger partial charge in [0.1, 0.15) is 5.82 Å². The minimum Gasteiger partial charge on any atom is -0.475 e. The highest BCUT2D eigenvalue weighted by Crippen LogP contribution is 2.21. The van der Waals surface area contributed by atoms with Crippen LogP contribution < -0.4 is 0 Å². The summed E-state index contributed by atoms with van der Waals surface area (Å²) in [5.74, 6) is -2.39. The summed E-state index contributed by atoms with van der Waals surface area (Å²) < 4.78 is 45.4. The topological polar surface area (TPSA) is 60.9 Å². The van der Waals surface area contributed by atoms with Crippen LogP contribution in [0.5, 0.6) is 0 Å². The molecule has 9 heteroatoms. The van der Waals surface area contributed by atoms with Gasteiger partial charge in [0.15, 0.2) is 0 Å². The highest BCUT2D eigenvalue weighted by molar-refractivity contribution is 5.79. The lowest BCUT2D eigenvalue weighted by atomic mass is 9.97. The maximum absolute atomic E-state index is 13.7. The van der Waals surface area contributed by atoms with E-state index in [4.69, 9.17) is 9.90 Å². The van der Waals surface area contributed by atoms with Crippen LogP contribution in [0, 0.1) is 11.7 Å². The van der Waals surface area contributed by atoms with Gasteiger partial charge in [-0.1, -0.05) is 18.2 Å². The molecule has 2 heterocycles. The fourth-order valence-electron chi connectivity index (χ4n) is 3.69. The molecule has 2 fully saturated rings. The van der Waals surface area contributed by atoms with Gasteiger partial charge in [-0.3, -0.25) is 4.79 Å². The molecule has 0 aromatic heterocycles. The molecular formula is C20H26F4N2O3. The number of nitrogens with zero attached hydrogens (tertiary/aromatic N) is 2. The summed E-state index contributed by atoms with van der Waals surface area (Å²) >= 11 is 0. The molecule has 3 rings (SSSR count). The van der Waals surface area contributed by atoms with Crippen LogP contribution in [0.4, 0.5) is 17.6 Å². The van der Waals surface area contributed by atoms with Crippen molar-refractivity contribution in [1.29, 1.82) is 0 Å². The largest absolute Gasteiger partial charge is 0.490 e. The molecule has 0 radical (unpaired) electrons. The van der Waals surface area contributed by atoms with E-state index in [1.165, 1.54) is 38.4 Å². The van der Waals surface area contributed by atoms with Gasteiger partial charge in [-0.2, -0.15) is 13.2 Å². The van der Waals surface area contributed by atoms with Crippen LogP contribution in [0.25, 0.3) is 0 Å². The summed E-state index contributed by atoms with van der Waals surface area (Å²) in [7, 11) is 0. The lowest BCUT2D eigenvalue weighted by molar-refractivity contribution is -0.192. The molecule has 0 saturated carbocycles. The fraction of sp³-hybridized carbons (Fsp3) is 0.600.